The van der Waals surface area contributed by atoms with Gasteiger partial charge in [-0.05, 0) is 49.9 Å². The van der Waals surface area contributed by atoms with Crippen LogP contribution in [0.4, 0.5) is 0 Å². The van der Waals surface area contributed by atoms with Crippen LogP contribution in [0, 0.1) is 0 Å². The average Bonchev–Trinajstić information content (AvgIpc) is 3.71. The molecule has 1 N–H and O–H groups in total. The molecule has 1 aliphatic heterocycles. The molecule has 1 saturated carbocycles. The number of aromatic nitrogens is 5. The van der Waals surface area contributed by atoms with Gasteiger partial charge in [0.1, 0.15) is 17.9 Å². The standard InChI is InChI=1S/C29H35N7O3/c1-34-24-15-7-5-13-22(24)31-28(34)27(29(38)30-18-21-12-9-17-39-21)36(20-10-3-2-4-11-20)26(37)19-35-25-16-8-6-14-23(25)32-33-35/h5-8,13-16,20-21,27H,2-4,9-12,17-19H2,1H3,(H,30,38)/t21-,27-/m1/s1. The number of hydrogen-bond donors (Lipinski definition) is 1. The van der Waals surface area contributed by atoms with Crippen molar-refractivity contribution in [2.45, 2.75) is 69.7 Å². The monoisotopic (exact) mass is 529 g/mol. The Hall–Kier alpha value is -3.79. The summed E-state index contributed by atoms with van der Waals surface area (Å²) in [5.74, 6) is 0.163. The summed E-state index contributed by atoms with van der Waals surface area (Å²) in [6, 6.07) is 14.5. The van der Waals surface area contributed by atoms with Crippen LogP contribution in [0.3, 0.4) is 0 Å². The summed E-state index contributed by atoms with van der Waals surface area (Å²) in [6.45, 7) is 1.13. The molecule has 0 spiro atoms. The quantitative estimate of drug-likeness (QED) is 0.374. The van der Waals surface area contributed by atoms with E-state index in [4.69, 9.17) is 9.72 Å². The number of aryl methyl sites for hydroxylation is 1. The molecule has 2 aliphatic rings. The minimum atomic E-state index is -0.880. The smallest absolute Gasteiger partial charge is 0.250 e. The van der Waals surface area contributed by atoms with Crippen LogP contribution in [0.1, 0.15) is 56.8 Å². The molecule has 3 heterocycles. The third-order valence-corrected chi connectivity index (χ3v) is 8.08. The number of ether oxygens (including phenoxy) is 1. The molecule has 1 aliphatic carbocycles. The zero-order valence-corrected chi connectivity index (χ0v) is 22.3. The van der Waals surface area contributed by atoms with Crippen molar-refractivity contribution in [2.75, 3.05) is 13.2 Å². The van der Waals surface area contributed by atoms with E-state index in [1.807, 2.05) is 60.1 Å². The molecule has 39 heavy (non-hydrogen) atoms. The molecule has 2 fully saturated rings. The second-order valence-corrected chi connectivity index (χ2v) is 10.6. The molecule has 0 bridgehead atoms. The fourth-order valence-electron chi connectivity index (χ4n) is 6.05. The van der Waals surface area contributed by atoms with Crippen LogP contribution in [0.2, 0.25) is 0 Å². The number of hydrogen-bond acceptors (Lipinski definition) is 6. The summed E-state index contributed by atoms with van der Waals surface area (Å²) in [6.07, 6.45) is 6.78. The molecule has 2 aromatic carbocycles. The van der Waals surface area contributed by atoms with E-state index in [1.54, 1.807) is 9.58 Å². The number of fused-ring (bicyclic) bond motifs is 2. The third kappa shape index (κ3) is 5.13. The van der Waals surface area contributed by atoms with E-state index in [9.17, 15) is 9.59 Å². The fourth-order valence-corrected chi connectivity index (χ4v) is 6.05. The van der Waals surface area contributed by atoms with Gasteiger partial charge in [0.15, 0.2) is 6.04 Å². The van der Waals surface area contributed by atoms with Crippen molar-refractivity contribution in [3.63, 3.8) is 0 Å². The number of nitrogens with one attached hydrogen (secondary N) is 1. The Morgan fingerprint density at radius 3 is 2.49 bits per heavy atom. The van der Waals surface area contributed by atoms with Gasteiger partial charge in [0.2, 0.25) is 5.91 Å². The summed E-state index contributed by atoms with van der Waals surface area (Å²) in [7, 11) is 1.92. The van der Waals surface area contributed by atoms with E-state index in [-0.39, 0.29) is 30.5 Å². The summed E-state index contributed by atoms with van der Waals surface area (Å²) < 4.78 is 9.33. The second kappa shape index (κ2) is 11.1. The van der Waals surface area contributed by atoms with Crippen molar-refractivity contribution in [2.24, 2.45) is 7.05 Å². The van der Waals surface area contributed by atoms with Crippen molar-refractivity contribution in [3.05, 3.63) is 54.4 Å². The summed E-state index contributed by atoms with van der Waals surface area (Å²) in [5, 5.41) is 11.6. The van der Waals surface area contributed by atoms with Gasteiger partial charge in [0.05, 0.1) is 22.7 Å². The van der Waals surface area contributed by atoms with E-state index in [0.29, 0.717) is 19.0 Å². The Morgan fingerprint density at radius 1 is 1.00 bits per heavy atom. The minimum absolute atomic E-state index is 0.00350. The van der Waals surface area contributed by atoms with Crippen LogP contribution < -0.4 is 5.32 Å². The minimum Gasteiger partial charge on any atom is -0.376 e. The lowest BCUT2D eigenvalue weighted by Crippen LogP contribution is -2.51. The van der Waals surface area contributed by atoms with Gasteiger partial charge in [-0.2, -0.15) is 0 Å². The lowest BCUT2D eigenvalue weighted by molar-refractivity contribution is -0.145. The first kappa shape index (κ1) is 25.5. The third-order valence-electron chi connectivity index (χ3n) is 8.08. The molecule has 10 heteroatoms. The molecule has 10 nitrogen and oxygen atoms in total. The Morgan fingerprint density at radius 2 is 1.74 bits per heavy atom. The Kier molecular flexibility index (Phi) is 7.28. The highest BCUT2D eigenvalue weighted by Gasteiger charge is 2.40. The van der Waals surface area contributed by atoms with Crippen LogP contribution in [0.5, 0.6) is 0 Å². The van der Waals surface area contributed by atoms with Crippen molar-refractivity contribution < 1.29 is 14.3 Å². The maximum atomic E-state index is 14.3. The van der Waals surface area contributed by atoms with E-state index >= 15 is 0 Å². The first-order valence-corrected chi connectivity index (χ1v) is 14.0. The Bertz CT molecular complexity index is 1470. The van der Waals surface area contributed by atoms with Crippen LogP contribution in [-0.4, -0.2) is 66.6 Å². The van der Waals surface area contributed by atoms with Crippen molar-refractivity contribution in [3.8, 4) is 0 Å². The number of imidazole rings is 1. The zero-order chi connectivity index (χ0) is 26.8. The number of benzene rings is 2. The van der Waals surface area contributed by atoms with Gasteiger partial charge in [0.25, 0.3) is 5.91 Å². The lowest BCUT2D eigenvalue weighted by atomic mass is 9.92. The summed E-state index contributed by atoms with van der Waals surface area (Å²) in [5.41, 5.74) is 3.24. The lowest BCUT2D eigenvalue weighted by Gasteiger charge is -2.39. The van der Waals surface area contributed by atoms with Gasteiger partial charge in [-0.25, -0.2) is 9.67 Å². The number of carbonyl (C=O) groups is 2. The number of carbonyl (C=O) groups excluding carboxylic acids is 2. The molecule has 0 radical (unpaired) electrons. The predicted octanol–water partition coefficient (Wildman–Crippen LogP) is 3.52. The first-order chi connectivity index (χ1) is 19.1. The van der Waals surface area contributed by atoms with E-state index in [0.717, 1.165) is 67.0 Å². The van der Waals surface area contributed by atoms with Crippen LogP contribution in [0.15, 0.2) is 48.5 Å². The molecule has 6 rings (SSSR count). The highest BCUT2D eigenvalue weighted by atomic mass is 16.5. The molecular weight excluding hydrogens is 494 g/mol. The maximum Gasteiger partial charge on any atom is 0.250 e. The van der Waals surface area contributed by atoms with Crippen molar-refractivity contribution >= 4 is 33.9 Å². The predicted molar refractivity (Wildman–Crippen MR) is 147 cm³/mol. The van der Waals surface area contributed by atoms with Gasteiger partial charge in [-0.15, -0.1) is 5.10 Å². The highest BCUT2D eigenvalue weighted by Crippen LogP contribution is 2.32. The first-order valence-electron chi connectivity index (χ1n) is 14.0. The van der Waals surface area contributed by atoms with Gasteiger partial charge < -0.3 is 19.5 Å². The van der Waals surface area contributed by atoms with Crippen molar-refractivity contribution in [1.82, 2.24) is 34.8 Å². The second-order valence-electron chi connectivity index (χ2n) is 10.6. The van der Waals surface area contributed by atoms with Gasteiger partial charge in [-0.1, -0.05) is 48.7 Å². The average molecular weight is 530 g/mol. The number of amides is 2. The molecule has 1 saturated heterocycles. The maximum absolute atomic E-state index is 14.3. The van der Waals surface area contributed by atoms with Crippen LogP contribution >= 0.6 is 0 Å². The van der Waals surface area contributed by atoms with E-state index in [1.165, 1.54) is 0 Å². The fraction of sp³-hybridized carbons (Fsp3) is 0.483. The number of para-hydroxylation sites is 3. The SMILES string of the molecule is Cn1c([C@H](C(=O)NC[C@H]2CCCO2)N(C(=O)Cn2nnc3ccccc32)C2CCCCC2)nc2ccccc21. The molecule has 2 aromatic heterocycles. The molecule has 204 valence electrons. The molecule has 0 unspecified atom stereocenters. The largest absolute Gasteiger partial charge is 0.376 e. The zero-order valence-electron chi connectivity index (χ0n) is 22.3. The van der Waals surface area contributed by atoms with Crippen LogP contribution in [-0.2, 0) is 27.9 Å². The number of rotatable bonds is 8. The Labute approximate surface area is 227 Å². The highest BCUT2D eigenvalue weighted by molar-refractivity contribution is 5.90. The molecule has 4 aromatic rings. The van der Waals surface area contributed by atoms with Gasteiger partial charge >= 0.3 is 0 Å². The topological polar surface area (TPSA) is 107 Å². The normalized spacial score (nSPS) is 18.9. The van der Waals surface area contributed by atoms with Gasteiger partial charge in [-0.3, -0.25) is 9.59 Å². The Balaban J connectivity index is 1.39. The number of nitrogens with zero attached hydrogens (tertiary/aromatic N) is 6. The van der Waals surface area contributed by atoms with E-state index < -0.39 is 6.04 Å². The molecular formula is C29H35N7O3. The summed E-state index contributed by atoms with van der Waals surface area (Å²) in [4.78, 5) is 35.0. The van der Waals surface area contributed by atoms with Crippen LogP contribution in [0.25, 0.3) is 22.1 Å². The molecule has 2 atom stereocenters. The summed E-state index contributed by atoms with van der Waals surface area (Å²) >= 11 is 0. The molecule has 2 amide bonds. The van der Waals surface area contributed by atoms with E-state index in [2.05, 4.69) is 15.6 Å². The van der Waals surface area contributed by atoms with Gasteiger partial charge in [0, 0.05) is 26.2 Å². The van der Waals surface area contributed by atoms with Crippen molar-refractivity contribution in [1.29, 1.82) is 0 Å².